The summed E-state index contributed by atoms with van der Waals surface area (Å²) in [6, 6.07) is 5.01. The number of rotatable bonds is 7. The molecule has 8 nitrogen and oxygen atoms in total. The standard InChI is InChI=1S/C20H21NO7S/c1-2-27-9-10-28-20(24)12-5-7-15(8-6-12)29(25,26)21-18(22)16-13-3-4-14(11-13)17(16)19(21)23/h3-8,13-14,16-17H,2,9-11H2,1H3. The van der Waals surface area contributed by atoms with Crippen LogP contribution >= 0.6 is 0 Å². The van der Waals surface area contributed by atoms with Gasteiger partial charge in [-0.1, -0.05) is 12.2 Å². The largest absolute Gasteiger partial charge is 0.460 e. The second-order valence-corrected chi connectivity index (χ2v) is 9.09. The van der Waals surface area contributed by atoms with E-state index in [4.69, 9.17) is 9.47 Å². The van der Waals surface area contributed by atoms with E-state index in [1.54, 1.807) is 0 Å². The summed E-state index contributed by atoms with van der Waals surface area (Å²) in [6.07, 6.45) is 4.53. The Morgan fingerprint density at radius 3 is 2.17 bits per heavy atom. The Morgan fingerprint density at radius 1 is 1.03 bits per heavy atom. The molecule has 4 rings (SSSR count). The predicted octanol–water partition coefficient (Wildman–Crippen LogP) is 1.38. The molecule has 1 saturated carbocycles. The highest BCUT2D eigenvalue weighted by Gasteiger charge is 2.62. The van der Waals surface area contributed by atoms with E-state index in [0.29, 0.717) is 10.9 Å². The van der Waals surface area contributed by atoms with Crippen molar-refractivity contribution in [2.75, 3.05) is 19.8 Å². The monoisotopic (exact) mass is 419 g/mol. The van der Waals surface area contributed by atoms with Crippen LogP contribution in [0.3, 0.4) is 0 Å². The second-order valence-electron chi connectivity index (χ2n) is 7.30. The van der Waals surface area contributed by atoms with Gasteiger partial charge in [0.25, 0.3) is 10.0 Å². The highest BCUT2D eigenvalue weighted by atomic mass is 32.2. The lowest BCUT2D eigenvalue weighted by Gasteiger charge is -2.17. The number of ether oxygens (including phenoxy) is 2. The third-order valence-electron chi connectivity index (χ3n) is 5.72. The first-order valence-corrected chi connectivity index (χ1v) is 11.0. The Balaban J connectivity index is 1.50. The summed E-state index contributed by atoms with van der Waals surface area (Å²) >= 11 is 0. The molecule has 0 radical (unpaired) electrons. The fraction of sp³-hybridized carbons (Fsp3) is 0.450. The number of sulfonamides is 1. The van der Waals surface area contributed by atoms with Crippen LogP contribution in [0.25, 0.3) is 0 Å². The van der Waals surface area contributed by atoms with Gasteiger partial charge in [-0.25, -0.2) is 13.2 Å². The highest BCUT2D eigenvalue weighted by molar-refractivity contribution is 7.90. The van der Waals surface area contributed by atoms with Crippen molar-refractivity contribution in [2.24, 2.45) is 23.7 Å². The fourth-order valence-electron chi connectivity index (χ4n) is 4.40. The van der Waals surface area contributed by atoms with Crippen LogP contribution in [-0.4, -0.2) is 50.3 Å². The minimum absolute atomic E-state index is 0.0736. The van der Waals surface area contributed by atoms with Gasteiger partial charge in [0.05, 0.1) is 28.9 Å². The number of amides is 2. The van der Waals surface area contributed by atoms with Gasteiger partial charge in [0, 0.05) is 6.61 Å². The molecule has 1 saturated heterocycles. The lowest BCUT2D eigenvalue weighted by atomic mass is 9.85. The van der Waals surface area contributed by atoms with Crippen LogP contribution in [0.5, 0.6) is 0 Å². The Hall–Kier alpha value is -2.52. The summed E-state index contributed by atoms with van der Waals surface area (Å²) < 4.78 is 36.5. The molecule has 0 N–H and O–H groups in total. The highest BCUT2D eigenvalue weighted by Crippen LogP contribution is 2.53. The molecule has 1 aromatic carbocycles. The summed E-state index contributed by atoms with van der Waals surface area (Å²) in [5, 5.41) is 0. The van der Waals surface area contributed by atoms with Crippen molar-refractivity contribution in [3.63, 3.8) is 0 Å². The molecule has 2 fully saturated rings. The average molecular weight is 419 g/mol. The van der Waals surface area contributed by atoms with E-state index in [-0.39, 0.29) is 35.5 Å². The van der Waals surface area contributed by atoms with Gasteiger partial charge < -0.3 is 9.47 Å². The minimum atomic E-state index is -4.33. The molecule has 1 aliphatic heterocycles. The number of imide groups is 1. The van der Waals surface area contributed by atoms with E-state index in [1.165, 1.54) is 24.3 Å². The lowest BCUT2D eigenvalue weighted by molar-refractivity contribution is -0.134. The molecule has 1 heterocycles. The third-order valence-corrected chi connectivity index (χ3v) is 7.43. The third kappa shape index (κ3) is 3.18. The van der Waals surface area contributed by atoms with Crippen LogP contribution in [0.4, 0.5) is 0 Å². The predicted molar refractivity (Wildman–Crippen MR) is 100.0 cm³/mol. The quantitative estimate of drug-likeness (QED) is 0.284. The molecular formula is C20H21NO7S. The molecule has 2 bridgehead atoms. The molecular weight excluding hydrogens is 398 g/mol. The first-order chi connectivity index (χ1) is 13.9. The molecule has 2 aliphatic carbocycles. The zero-order valence-corrected chi connectivity index (χ0v) is 16.6. The van der Waals surface area contributed by atoms with Gasteiger partial charge >= 0.3 is 5.97 Å². The second kappa shape index (κ2) is 7.38. The molecule has 1 aromatic rings. The Bertz CT molecular complexity index is 953. The smallest absolute Gasteiger partial charge is 0.338 e. The topological polar surface area (TPSA) is 107 Å². The molecule has 9 heteroatoms. The van der Waals surface area contributed by atoms with Gasteiger partial charge in [0.1, 0.15) is 6.61 Å². The summed E-state index contributed by atoms with van der Waals surface area (Å²) in [6.45, 7) is 2.69. The van der Waals surface area contributed by atoms with Gasteiger partial charge in [0.2, 0.25) is 11.8 Å². The molecule has 29 heavy (non-hydrogen) atoms. The van der Waals surface area contributed by atoms with Gasteiger partial charge in [-0.3, -0.25) is 9.59 Å². The molecule has 4 atom stereocenters. The van der Waals surface area contributed by atoms with Gasteiger partial charge in [0.15, 0.2) is 0 Å². The van der Waals surface area contributed by atoms with E-state index in [0.717, 1.165) is 6.42 Å². The maximum atomic E-state index is 13.0. The number of nitrogens with zero attached hydrogens (tertiary/aromatic N) is 1. The zero-order valence-electron chi connectivity index (χ0n) is 15.8. The van der Waals surface area contributed by atoms with Crippen molar-refractivity contribution in [1.29, 1.82) is 0 Å². The number of esters is 1. The molecule has 154 valence electrons. The number of hydrogen-bond donors (Lipinski definition) is 0. The number of benzene rings is 1. The zero-order chi connectivity index (χ0) is 20.8. The SMILES string of the molecule is CCOCCOC(=O)c1ccc(S(=O)(=O)N2C(=O)C3C4C=CC(C4)C3C2=O)cc1. The summed E-state index contributed by atoms with van der Waals surface area (Å²) in [7, 11) is -4.33. The van der Waals surface area contributed by atoms with Crippen LogP contribution in [0.15, 0.2) is 41.3 Å². The van der Waals surface area contributed by atoms with E-state index >= 15 is 0 Å². The van der Waals surface area contributed by atoms with Crippen molar-refractivity contribution in [3.8, 4) is 0 Å². The maximum Gasteiger partial charge on any atom is 0.338 e. The molecule has 0 spiro atoms. The number of allylic oxidation sites excluding steroid dienone is 2. The van der Waals surface area contributed by atoms with Crippen molar-refractivity contribution in [2.45, 2.75) is 18.2 Å². The Morgan fingerprint density at radius 2 is 1.62 bits per heavy atom. The van der Waals surface area contributed by atoms with Crippen molar-refractivity contribution >= 4 is 27.8 Å². The maximum absolute atomic E-state index is 13.0. The van der Waals surface area contributed by atoms with Gasteiger partial charge in [-0.15, -0.1) is 0 Å². The van der Waals surface area contributed by atoms with Crippen molar-refractivity contribution in [3.05, 3.63) is 42.0 Å². The minimum Gasteiger partial charge on any atom is -0.460 e. The van der Waals surface area contributed by atoms with E-state index < -0.39 is 39.6 Å². The molecule has 4 unspecified atom stereocenters. The average Bonchev–Trinajstić information content (AvgIpc) is 3.39. The van der Waals surface area contributed by atoms with E-state index in [2.05, 4.69) is 0 Å². The van der Waals surface area contributed by atoms with Crippen molar-refractivity contribution < 1.29 is 32.3 Å². The Labute approximate surface area is 168 Å². The van der Waals surface area contributed by atoms with Gasteiger partial charge in [-0.2, -0.15) is 4.31 Å². The fourth-order valence-corrected chi connectivity index (χ4v) is 5.81. The number of fused-ring (bicyclic) bond motifs is 5. The number of carbonyl (C=O) groups excluding carboxylic acids is 3. The first-order valence-electron chi connectivity index (χ1n) is 9.52. The van der Waals surface area contributed by atoms with Gasteiger partial charge in [-0.05, 0) is 49.4 Å². The normalized spacial score (nSPS) is 27.6. The lowest BCUT2D eigenvalue weighted by Crippen LogP contribution is -2.38. The summed E-state index contributed by atoms with van der Waals surface area (Å²) in [5.74, 6) is -3.25. The van der Waals surface area contributed by atoms with E-state index in [9.17, 15) is 22.8 Å². The molecule has 3 aliphatic rings. The summed E-state index contributed by atoms with van der Waals surface area (Å²) in [5.41, 5.74) is 0.165. The summed E-state index contributed by atoms with van der Waals surface area (Å²) in [4.78, 5) is 37.3. The van der Waals surface area contributed by atoms with Crippen LogP contribution < -0.4 is 0 Å². The number of carbonyl (C=O) groups is 3. The van der Waals surface area contributed by atoms with Crippen LogP contribution in [0.2, 0.25) is 0 Å². The van der Waals surface area contributed by atoms with Crippen molar-refractivity contribution in [1.82, 2.24) is 4.31 Å². The van der Waals surface area contributed by atoms with E-state index in [1.807, 2.05) is 19.1 Å². The van der Waals surface area contributed by atoms with Crippen LogP contribution in [0, 0.1) is 23.7 Å². The number of hydrogen-bond acceptors (Lipinski definition) is 7. The first kappa shape index (κ1) is 19.8. The molecule has 0 aromatic heterocycles. The Kier molecular flexibility index (Phi) is 5.04. The molecule has 2 amide bonds. The van der Waals surface area contributed by atoms with Crippen LogP contribution in [0.1, 0.15) is 23.7 Å². The van der Waals surface area contributed by atoms with Crippen LogP contribution in [-0.2, 0) is 29.1 Å².